The lowest BCUT2D eigenvalue weighted by molar-refractivity contribution is -0.383. The molecule has 7 nitrogen and oxygen atoms in total. The number of nitro groups is 1. The van der Waals surface area contributed by atoms with Gasteiger partial charge >= 0.3 is 6.09 Å². The van der Waals surface area contributed by atoms with E-state index >= 15 is 0 Å². The highest BCUT2D eigenvalue weighted by molar-refractivity contribution is 6.02. The molecule has 0 aliphatic carbocycles. The van der Waals surface area contributed by atoms with Crippen LogP contribution in [0.15, 0.2) is 60.8 Å². The average Bonchev–Trinajstić information content (AvgIpc) is 2.61. The number of aromatic nitrogens is 1. The van der Waals surface area contributed by atoms with Crippen LogP contribution in [0.5, 0.6) is 0 Å². The van der Waals surface area contributed by atoms with E-state index in [1.54, 1.807) is 18.2 Å². The third-order valence-electron chi connectivity index (χ3n) is 3.39. The molecule has 7 heteroatoms. The number of carbonyl (C=O) groups excluding carboxylic acids is 1. The zero-order chi connectivity index (χ0) is 16.9. The highest BCUT2D eigenvalue weighted by atomic mass is 16.6. The summed E-state index contributed by atoms with van der Waals surface area (Å²) < 4.78 is 5.12. The van der Waals surface area contributed by atoms with E-state index in [1.807, 2.05) is 30.3 Å². The highest BCUT2D eigenvalue weighted by Gasteiger charge is 2.20. The normalized spacial score (nSPS) is 10.3. The van der Waals surface area contributed by atoms with Crippen LogP contribution in [-0.2, 0) is 11.3 Å². The van der Waals surface area contributed by atoms with Crippen LogP contribution in [-0.4, -0.2) is 16.0 Å². The van der Waals surface area contributed by atoms with Crippen LogP contribution in [0.25, 0.3) is 10.9 Å². The molecule has 0 unspecified atom stereocenters. The summed E-state index contributed by atoms with van der Waals surface area (Å²) >= 11 is 0. The zero-order valence-corrected chi connectivity index (χ0v) is 12.5. The summed E-state index contributed by atoms with van der Waals surface area (Å²) in [5.74, 6) is 0. The van der Waals surface area contributed by atoms with Crippen molar-refractivity contribution < 1.29 is 14.5 Å². The lowest BCUT2D eigenvalue weighted by Crippen LogP contribution is -2.15. The first-order valence-corrected chi connectivity index (χ1v) is 7.15. The Labute approximate surface area is 137 Å². The topological polar surface area (TPSA) is 94.4 Å². The summed E-state index contributed by atoms with van der Waals surface area (Å²) in [4.78, 5) is 26.8. The number of pyridine rings is 1. The van der Waals surface area contributed by atoms with E-state index < -0.39 is 11.0 Å². The molecule has 1 aromatic heterocycles. The van der Waals surface area contributed by atoms with E-state index in [-0.39, 0.29) is 18.0 Å². The number of benzene rings is 2. The first-order chi connectivity index (χ1) is 11.6. The second kappa shape index (κ2) is 6.74. The van der Waals surface area contributed by atoms with E-state index in [0.29, 0.717) is 10.9 Å². The molecule has 1 heterocycles. The van der Waals surface area contributed by atoms with Crippen molar-refractivity contribution in [3.8, 4) is 0 Å². The molecule has 24 heavy (non-hydrogen) atoms. The van der Waals surface area contributed by atoms with Gasteiger partial charge < -0.3 is 4.74 Å². The minimum atomic E-state index is -0.778. The first kappa shape index (κ1) is 15.4. The van der Waals surface area contributed by atoms with Gasteiger partial charge in [-0.05, 0) is 17.7 Å². The Bertz CT molecular complexity index is 897. The number of hydrogen-bond acceptors (Lipinski definition) is 5. The zero-order valence-electron chi connectivity index (χ0n) is 12.5. The van der Waals surface area contributed by atoms with Crippen LogP contribution in [0, 0.1) is 10.1 Å². The van der Waals surface area contributed by atoms with E-state index in [1.165, 1.54) is 12.3 Å². The van der Waals surface area contributed by atoms with Gasteiger partial charge in [0.1, 0.15) is 17.8 Å². The van der Waals surface area contributed by atoms with E-state index in [4.69, 9.17) is 4.74 Å². The standard InChI is InChI=1S/C17H13N3O4/c21-17(24-11-12-5-2-1-3-6-12)19-16-14(20(22)23)9-8-13-7-4-10-18-15(13)16/h1-10H,11H2,(H,19,21). The Kier molecular flexibility index (Phi) is 4.33. The molecule has 0 saturated heterocycles. The maximum absolute atomic E-state index is 12.0. The molecule has 0 aliphatic heterocycles. The summed E-state index contributed by atoms with van der Waals surface area (Å²) in [6.07, 6.45) is 0.729. The summed E-state index contributed by atoms with van der Waals surface area (Å²) in [5, 5.41) is 14.3. The quantitative estimate of drug-likeness (QED) is 0.580. The Hall–Kier alpha value is -3.48. The molecule has 0 atom stereocenters. The monoisotopic (exact) mass is 323 g/mol. The Morgan fingerprint density at radius 3 is 2.67 bits per heavy atom. The van der Waals surface area contributed by atoms with Crippen molar-refractivity contribution in [2.24, 2.45) is 0 Å². The van der Waals surface area contributed by atoms with Gasteiger partial charge in [0.25, 0.3) is 5.69 Å². The van der Waals surface area contributed by atoms with Gasteiger partial charge in [-0.2, -0.15) is 0 Å². The number of ether oxygens (including phenoxy) is 1. The van der Waals surface area contributed by atoms with Crippen molar-refractivity contribution in [1.29, 1.82) is 0 Å². The summed E-state index contributed by atoms with van der Waals surface area (Å²) in [5.41, 5.74) is 0.940. The number of nitrogens with zero attached hydrogens (tertiary/aromatic N) is 2. The van der Waals surface area contributed by atoms with Crippen molar-refractivity contribution in [3.63, 3.8) is 0 Å². The van der Waals surface area contributed by atoms with Crippen molar-refractivity contribution in [2.75, 3.05) is 5.32 Å². The summed E-state index contributed by atoms with van der Waals surface area (Å²) in [6, 6.07) is 15.5. The van der Waals surface area contributed by atoms with Gasteiger partial charge in [0, 0.05) is 17.6 Å². The third-order valence-corrected chi connectivity index (χ3v) is 3.39. The van der Waals surface area contributed by atoms with Crippen LogP contribution in [0.3, 0.4) is 0 Å². The van der Waals surface area contributed by atoms with Gasteiger partial charge in [-0.3, -0.25) is 20.4 Å². The maximum Gasteiger partial charge on any atom is 0.412 e. The van der Waals surface area contributed by atoms with Crippen LogP contribution >= 0.6 is 0 Å². The van der Waals surface area contributed by atoms with Crippen LogP contribution in [0.2, 0.25) is 0 Å². The Morgan fingerprint density at radius 1 is 1.12 bits per heavy atom. The number of amides is 1. The fourth-order valence-electron chi connectivity index (χ4n) is 2.27. The second-order valence-electron chi connectivity index (χ2n) is 4.98. The average molecular weight is 323 g/mol. The van der Waals surface area contributed by atoms with Gasteiger partial charge in [0.15, 0.2) is 0 Å². The molecule has 0 aliphatic rings. The molecule has 0 spiro atoms. The smallest absolute Gasteiger partial charge is 0.412 e. The predicted octanol–water partition coefficient (Wildman–Crippen LogP) is 3.89. The molecule has 3 rings (SSSR count). The summed E-state index contributed by atoms with van der Waals surface area (Å²) in [6.45, 7) is 0.0681. The maximum atomic E-state index is 12.0. The van der Waals surface area contributed by atoms with Gasteiger partial charge in [0.2, 0.25) is 0 Å². The molecule has 0 saturated carbocycles. The third kappa shape index (κ3) is 3.30. The van der Waals surface area contributed by atoms with Crippen molar-refractivity contribution >= 4 is 28.4 Å². The van der Waals surface area contributed by atoms with Gasteiger partial charge in [-0.15, -0.1) is 0 Å². The lowest BCUT2D eigenvalue weighted by Gasteiger charge is -2.09. The van der Waals surface area contributed by atoms with Crippen molar-refractivity contribution in [2.45, 2.75) is 6.61 Å². The molecule has 2 aromatic carbocycles. The molecule has 0 bridgehead atoms. The largest absolute Gasteiger partial charge is 0.444 e. The molecule has 1 amide bonds. The number of nitrogens with one attached hydrogen (secondary N) is 1. The lowest BCUT2D eigenvalue weighted by atomic mass is 10.1. The Balaban J connectivity index is 1.84. The van der Waals surface area contributed by atoms with Crippen molar-refractivity contribution in [3.05, 3.63) is 76.5 Å². The van der Waals surface area contributed by atoms with E-state index in [0.717, 1.165) is 5.56 Å². The van der Waals surface area contributed by atoms with Crippen LogP contribution < -0.4 is 5.32 Å². The number of fused-ring (bicyclic) bond motifs is 1. The number of hydrogen-bond donors (Lipinski definition) is 1. The summed E-state index contributed by atoms with van der Waals surface area (Å²) in [7, 11) is 0. The van der Waals surface area contributed by atoms with Crippen molar-refractivity contribution in [1.82, 2.24) is 4.98 Å². The fraction of sp³-hybridized carbons (Fsp3) is 0.0588. The molecular weight excluding hydrogens is 310 g/mol. The minimum Gasteiger partial charge on any atom is -0.444 e. The van der Waals surface area contributed by atoms with E-state index in [2.05, 4.69) is 10.3 Å². The Morgan fingerprint density at radius 2 is 1.92 bits per heavy atom. The predicted molar refractivity (Wildman–Crippen MR) is 88.6 cm³/mol. The molecule has 0 radical (unpaired) electrons. The highest BCUT2D eigenvalue weighted by Crippen LogP contribution is 2.31. The van der Waals surface area contributed by atoms with Gasteiger partial charge in [-0.25, -0.2) is 4.79 Å². The second-order valence-corrected chi connectivity index (χ2v) is 4.98. The minimum absolute atomic E-state index is 0.0242. The first-order valence-electron chi connectivity index (χ1n) is 7.15. The van der Waals surface area contributed by atoms with Gasteiger partial charge in [-0.1, -0.05) is 36.4 Å². The molecular formula is C17H13N3O4. The fourth-order valence-corrected chi connectivity index (χ4v) is 2.27. The van der Waals surface area contributed by atoms with E-state index in [9.17, 15) is 14.9 Å². The molecule has 120 valence electrons. The van der Waals surface area contributed by atoms with Crippen LogP contribution in [0.4, 0.5) is 16.2 Å². The number of anilines is 1. The molecule has 3 aromatic rings. The number of rotatable bonds is 4. The SMILES string of the molecule is O=C(Nc1c([N+](=O)[O-])ccc2cccnc12)OCc1ccccc1. The molecule has 1 N–H and O–H groups in total. The number of carbonyl (C=O) groups is 1. The number of nitro benzene ring substituents is 1. The molecule has 0 fully saturated rings. The van der Waals surface area contributed by atoms with Gasteiger partial charge in [0.05, 0.1) is 4.92 Å². The van der Waals surface area contributed by atoms with Crippen LogP contribution in [0.1, 0.15) is 5.56 Å².